The van der Waals surface area contributed by atoms with Crippen LogP contribution in [0.2, 0.25) is 5.02 Å². The molecule has 0 atom stereocenters. The number of benzene rings is 2. The number of rotatable bonds is 4. The first kappa shape index (κ1) is 15.2. The van der Waals surface area contributed by atoms with Crippen molar-refractivity contribution >= 4 is 40.4 Å². The molecule has 0 spiro atoms. The quantitative estimate of drug-likeness (QED) is 0.731. The summed E-state index contributed by atoms with van der Waals surface area (Å²) in [7, 11) is 0. The van der Waals surface area contributed by atoms with Gasteiger partial charge in [0.05, 0.1) is 11.2 Å². The second-order valence-electron chi connectivity index (χ2n) is 5.00. The standard InChI is InChI=1S/C17H13ClFN3O/c1-2-21-11-22(16-6-4-3-5-15(16)21)10-17(23)20-12-7-8-14(19)13(18)9-12/h2-9,11H,1,10H2/p+1. The smallest absolute Gasteiger partial charge is 0.266 e. The molecule has 116 valence electrons. The van der Waals surface area contributed by atoms with E-state index in [-0.39, 0.29) is 17.5 Å². The fraction of sp³-hybridized carbons (Fsp3) is 0.0588. The van der Waals surface area contributed by atoms with Crippen LogP contribution in [0, 0.1) is 5.82 Å². The van der Waals surface area contributed by atoms with E-state index in [0.717, 1.165) is 11.0 Å². The lowest BCUT2D eigenvalue weighted by Crippen LogP contribution is -2.39. The van der Waals surface area contributed by atoms with Crippen molar-refractivity contribution in [2.24, 2.45) is 0 Å². The number of hydrogen-bond acceptors (Lipinski definition) is 1. The van der Waals surface area contributed by atoms with Gasteiger partial charge in [0.25, 0.3) is 5.91 Å². The van der Waals surface area contributed by atoms with Gasteiger partial charge in [0.2, 0.25) is 6.33 Å². The summed E-state index contributed by atoms with van der Waals surface area (Å²) in [6.45, 7) is 3.88. The number of hydrogen-bond donors (Lipinski definition) is 1. The van der Waals surface area contributed by atoms with E-state index in [9.17, 15) is 9.18 Å². The van der Waals surface area contributed by atoms with Gasteiger partial charge < -0.3 is 5.32 Å². The van der Waals surface area contributed by atoms with Crippen LogP contribution in [0.1, 0.15) is 0 Å². The SMILES string of the molecule is C=Cn1c[n+](CC(=O)Nc2ccc(F)c(Cl)c2)c2ccccc21. The zero-order valence-electron chi connectivity index (χ0n) is 12.2. The molecular weight excluding hydrogens is 317 g/mol. The van der Waals surface area contributed by atoms with Gasteiger partial charge in [-0.1, -0.05) is 30.3 Å². The molecule has 2 aromatic carbocycles. The summed E-state index contributed by atoms with van der Waals surface area (Å²) in [6, 6.07) is 11.8. The Bertz CT molecular complexity index is 904. The number of fused-ring (bicyclic) bond motifs is 1. The van der Waals surface area contributed by atoms with Gasteiger partial charge in [0, 0.05) is 5.69 Å². The third-order valence-corrected chi connectivity index (χ3v) is 3.74. The molecule has 1 heterocycles. The summed E-state index contributed by atoms with van der Waals surface area (Å²) < 4.78 is 16.8. The molecule has 1 aromatic heterocycles. The van der Waals surface area contributed by atoms with Crippen LogP contribution in [0.5, 0.6) is 0 Å². The minimum atomic E-state index is -0.520. The molecule has 1 amide bonds. The first-order valence-corrected chi connectivity index (χ1v) is 7.33. The van der Waals surface area contributed by atoms with Gasteiger partial charge in [-0.15, -0.1) is 0 Å². The number of para-hydroxylation sites is 2. The highest BCUT2D eigenvalue weighted by atomic mass is 35.5. The molecule has 1 N–H and O–H groups in total. The topological polar surface area (TPSA) is 37.9 Å². The lowest BCUT2D eigenvalue weighted by atomic mass is 10.3. The molecule has 0 bridgehead atoms. The van der Waals surface area contributed by atoms with Gasteiger partial charge in [-0.25, -0.2) is 13.5 Å². The first-order valence-electron chi connectivity index (χ1n) is 6.95. The van der Waals surface area contributed by atoms with Crippen molar-refractivity contribution in [1.29, 1.82) is 0 Å². The lowest BCUT2D eigenvalue weighted by Gasteiger charge is -2.04. The maximum absolute atomic E-state index is 13.1. The molecule has 23 heavy (non-hydrogen) atoms. The van der Waals surface area contributed by atoms with Gasteiger partial charge >= 0.3 is 0 Å². The number of nitrogens with one attached hydrogen (secondary N) is 1. The average molecular weight is 331 g/mol. The number of carbonyl (C=O) groups excluding carboxylic acids is 1. The van der Waals surface area contributed by atoms with Crippen LogP contribution in [0.3, 0.4) is 0 Å². The van der Waals surface area contributed by atoms with Crippen molar-refractivity contribution in [1.82, 2.24) is 4.57 Å². The fourth-order valence-corrected chi connectivity index (χ4v) is 2.58. The van der Waals surface area contributed by atoms with Crippen molar-refractivity contribution < 1.29 is 13.8 Å². The van der Waals surface area contributed by atoms with Crippen LogP contribution in [0.4, 0.5) is 10.1 Å². The van der Waals surface area contributed by atoms with Crippen LogP contribution < -0.4 is 9.88 Å². The Morgan fingerprint density at radius 2 is 2.13 bits per heavy atom. The number of amides is 1. The molecule has 0 radical (unpaired) electrons. The zero-order chi connectivity index (χ0) is 16.4. The molecular formula is C17H14ClFN3O+. The number of aromatic nitrogens is 2. The number of halogens is 2. The lowest BCUT2D eigenvalue weighted by molar-refractivity contribution is -0.658. The van der Waals surface area contributed by atoms with Crippen molar-refractivity contribution in [3.05, 3.63) is 66.2 Å². The molecule has 3 rings (SSSR count). The van der Waals surface area contributed by atoms with E-state index in [4.69, 9.17) is 11.6 Å². The van der Waals surface area contributed by atoms with E-state index < -0.39 is 5.82 Å². The van der Waals surface area contributed by atoms with Gasteiger partial charge in [-0.2, -0.15) is 0 Å². The van der Waals surface area contributed by atoms with E-state index >= 15 is 0 Å². The third kappa shape index (κ3) is 3.10. The van der Waals surface area contributed by atoms with Gasteiger partial charge in [-0.3, -0.25) is 4.79 Å². The van der Waals surface area contributed by atoms with Crippen LogP contribution >= 0.6 is 11.6 Å². The van der Waals surface area contributed by atoms with Gasteiger partial charge in [0.15, 0.2) is 17.6 Å². The number of imidazole rings is 1. The Morgan fingerprint density at radius 3 is 2.87 bits per heavy atom. The highest BCUT2D eigenvalue weighted by molar-refractivity contribution is 6.31. The Hall–Kier alpha value is -2.66. The largest absolute Gasteiger partial charge is 0.323 e. The second kappa shape index (κ2) is 6.22. The summed E-state index contributed by atoms with van der Waals surface area (Å²) in [6.07, 6.45) is 3.48. The van der Waals surface area contributed by atoms with E-state index in [1.165, 1.54) is 18.2 Å². The monoisotopic (exact) mass is 330 g/mol. The van der Waals surface area contributed by atoms with E-state index in [0.29, 0.717) is 5.69 Å². The molecule has 0 aliphatic carbocycles. The van der Waals surface area contributed by atoms with E-state index in [1.807, 2.05) is 33.4 Å². The van der Waals surface area contributed by atoms with E-state index in [1.54, 1.807) is 12.5 Å². The Kier molecular flexibility index (Phi) is 4.12. The van der Waals surface area contributed by atoms with Gasteiger partial charge in [-0.05, 0) is 30.3 Å². The third-order valence-electron chi connectivity index (χ3n) is 3.45. The van der Waals surface area contributed by atoms with Crippen molar-refractivity contribution in [2.75, 3.05) is 5.32 Å². The fourth-order valence-electron chi connectivity index (χ4n) is 2.40. The molecule has 0 aliphatic heterocycles. The summed E-state index contributed by atoms with van der Waals surface area (Å²) in [5, 5.41) is 2.68. The number of carbonyl (C=O) groups is 1. The van der Waals surface area contributed by atoms with Crippen molar-refractivity contribution in [3.63, 3.8) is 0 Å². The normalized spacial score (nSPS) is 10.7. The predicted molar refractivity (Wildman–Crippen MR) is 88.6 cm³/mol. The van der Waals surface area contributed by atoms with Crippen molar-refractivity contribution in [3.8, 4) is 0 Å². The molecule has 0 aliphatic rings. The summed E-state index contributed by atoms with van der Waals surface area (Å²) in [4.78, 5) is 12.2. The molecule has 0 fully saturated rings. The first-order chi connectivity index (χ1) is 11.1. The number of nitrogens with zero attached hydrogens (tertiary/aromatic N) is 2. The van der Waals surface area contributed by atoms with Crippen LogP contribution in [0.15, 0.2) is 55.4 Å². The number of anilines is 1. The molecule has 0 saturated heterocycles. The Morgan fingerprint density at radius 1 is 1.35 bits per heavy atom. The second-order valence-corrected chi connectivity index (χ2v) is 5.41. The molecule has 0 saturated carbocycles. The summed E-state index contributed by atoms with van der Waals surface area (Å²) in [5.41, 5.74) is 2.33. The Labute approximate surface area is 137 Å². The zero-order valence-corrected chi connectivity index (χ0v) is 12.9. The molecule has 6 heteroatoms. The maximum atomic E-state index is 13.1. The molecule has 0 unspecified atom stereocenters. The van der Waals surface area contributed by atoms with Crippen LogP contribution in [0.25, 0.3) is 17.2 Å². The molecule has 3 aromatic rings. The van der Waals surface area contributed by atoms with Crippen LogP contribution in [-0.2, 0) is 11.3 Å². The maximum Gasteiger partial charge on any atom is 0.266 e. The minimum Gasteiger partial charge on any atom is -0.323 e. The van der Waals surface area contributed by atoms with E-state index in [2.05, 4.69) is 11.9 Å². The Balaban J connectivity index is 1.83. The minimum absolute atomic E-state index is 0.0290. The highest BCUT2D eigenvalue weighted by Crippen LogP contribution is 2.19. The summed E-state index contributed by atoms with van der Waals surface area (Å²) in [5.74, 6) is -0.752. The average Bonchev–Trinajstić information content (AvgIpc) is 2.89. The molecule has 4 nitrogen and oxygen atoms in total. The predicted octanol–water partition coefficient (Wildman–Crippen LogP) is 3.46. The summed E-state index contributed by atoms with van der Waals surface area (Å²) >= 11 is 5.71. The van der Waals surface area contributed by atoms with Crippen LogP contribution in [-0.4, -0.2) is 10.5 Å². The highest BCUT2D eigenvalue weighted by Gasteiger charge is 2.16. The van der Waals surface area contributed by atoms with Crippen molar-refractivity contribution in [2.45, 2.75) is 6.54 Å². The van der Waals surface area contributed by atoms with Gasteiger partial charge in [0.1, 0.15) is 5.82 Å².